The molecule has 1 heterocycles. The minimum atomic E-state index is -0.571. The number of allylic oxidation sites excluding steroid dienone is 4. The minimum Gasteiger partial charge on any atom is -0.493 e. The zero-order valence-corrected chi connectivity index (χ0v) is 22.0. The van der Waals surface area contributed by atoms with Crippen LogP contribution in [-0.4, -0.2) is 43.1 Å². The molecule has 3 aliphatic rings. The number of para-hydroxylation sites is 1. The van der Waals surface area contributed by atoms with Crippen LogP contribution in [0.4, 0.5) is 10.1 Å². The molecule has 1 N–H and O–H groups in total. The van der Waals surface area contributed by atoms with Crippen LogP contribution in [0.1, 0.15) is 50.0 Å². The second-order valence-corrected chi connectivity index (χ2v) is 10.0. The Labute approximate surface area is 225 Å². The summed E-state index contributed by atoms with van der Waals surface area (Å²) in [5, 5.41) is 2.64. The van der Waals surface area contributed by atoms with Crippen molar-refractivity contribution in [2.45, 2.75) is 44.4 Å². The molecule has 0 unspecified atom stereocenters. The Hall–Kier alpha value is -3.65. The number of carbonyl (C=O) groups excluding carboxylic acids is 3. The van der Waals surface area contributed by atoms with E-state index in [4.69, 9.17) is 21.1 Å². The number of ketones is 2. The molecule has 0 fully saturated rings. The van der Waals surface area contributed by atoms with E-state index in [1.807, 2.05) is 11.9 Å². The van der Waals surface area contributed by atoms with Crippen LogP contribution < -0.4 is 14.8 Å². The van der Waals surface area contributed by atoms with Gasteiger partial charge in [0.25, 0.3) is 5.91 Å². The number of carbonyl (C=O) groups is 3. The highest BCUT2D eigenvalue weighted by atomic mass is 35.5. The molecule has 38 heavy (non-hydrogen) atoms. The van der Waals surface area contributed by atoms with Crippen LogP contribution in [0, 0.1) is 5.82 Å². The normalized spacial score (nSPS) is 17.8. The summed E-state index contributed by atoms with van der Waals surface area (Å²) < 4.78 is 25.1. The summed E-state index contributed by atoms with van der Waals surface area (Å²) in [6.45, 7) is -0.431. The predicted octanol–water partition coefficient (Wildman–Crippen LogP) is 5.55. The van der Waals surface area contributed by atoms with Crippen LogP contribution in [0.2, 0.25) is 5.02 Å². The van der Waals surface area contributed by atoms with Crippen LogP contribution in [0.25, 0.3) is 0 Å². The molecule has 1 amide bonds. The summed E-state index contributed by atoms with van der Waals surface area (Å²) in [5.41, 5.74) is 3.90. The van der Waals surface area contributed by atoms with Gasteiger partial charge in [-0.1, -0.05) is 23.7 Å². The van der Waals surface area contributed by atoms with Gasteiger partial charge in [0, 0.05) is 48.3 Å². The number of nitrogens with one attached hydrogen (secondary N) is 1. The van der Waals surface area contributed by atoms with Crippen LogP contribution in [-0.2, 0) is 14.4 Å². The third-order valence-corrected chi connectivity index (χ3v) is 7.61. The third kappa shape index (κ3) is 4.69. The van der Waals surface area contributed by atoms with E-state index >= 15 is 0 Å². The minimum absolute atomic E-state index is 0.0354. The molecule has 9 heteroatoms. The van der Waals surface area contributed by atoms with Gasteiger partial charge in [-0.25, -0.2) is 4.39 Å². The lowest BCUT2D eigenvalue weighted by Gasteiger charge is -2.42. The summed E-state index contributed by atoms with van der Waals surface area (Å²) in [6.07, 6.45) is 3.95. The fourth-order valence-electron chi connectivity index (χ4n) is 5.62. The van der Waals surface area contributed by atoms with Gasteiger partial charge in [-0.05, 0) is 55.5 Å². The lowest BCUT2D eigenvalue weighted by Crippen LogP contribution is -2.37. The SMILES string of the molecule is COc1cc(C2C3=C(CCCC3=O)N(C)C3=C2C(=O)CCC3)cc(Cl)c1OCC(=O)Nc1ccccc1F. The predicted molar refractivity (Wildman–Crippen MR) is 141 cm³/mol. The molecular weight excluding hydrogens is 511 g/mol. The molecule has 0 bridgehead atoms. The standard InChI is InChI=1S/C29H28ClFN2O5/c1-33-20-9-5-11-22(34)27(20)26(28-21(33)10-6-12-23(28)35)16-13-17(30)29(24(14-16)37-2)38-15-25(36)32-19-8-4-3-7-18(19)31/h3-4,7-8,13-14,26H,5-6,9-12,15H2,1-2H3,(H,32,36). The van der Waals surface area contributed by atoms with Gasteiger partial charge in [-0.2, -0.15) is 0 Å². The molecule has 0 radical (unpaired) electrons. The van der Waals surface area contributed by atoms with E-state index in [-0.39, 0.29) is 33.8 Å². The van der Waals surface area contributed by atoms with Crippen molar-refractivity contribution in [2.75, 3.05) is 26.1 Å². The quantitative estimate of drug-likeness (QED) is 0.519. The average molecular weight is 539 g/mol. The number of ether oxygens (including phenoxy) is 2. The number of methoxy groups -OCH3 is 1. The lowest BCUT2D eigenvalue weighted by atomic mass is 9.71. The highest BCUT2D eigenvalue weighted by Gasteiger charge is 2.42. The number of rotatable bonds is 6. The summed E-state index contributed by atoms with van der Waals surface area (Å²) in [7, 11) is 3.39. The monoisotopic (exact) mass is 538 g/mol. The second-order valence-electron chi connectivity index (χ2n) is 9.62. The number of hydrogen-bond acceptors (Lipinski definition) is 6. The zero-order valence-electron chi connectivity index (χ0n) is 21.2. The van der Waals surface area contributed by atoms with Crippen molar-refractivity contribution in [3.63, 3.8) is 0 Å². The molecule has 2 aliphatic carbocycles. The molecule has 7 nitrogen and oxygen atoms in total. The number of benzene rings is 2. The highest BCUT2D eigenvalue weighted by Crippen LogP contribution is 2.50. The lowest BCUT2D eigenvalue weighted by molar-refractivity contribution is -0.118. The first kappa shape index (κ1) is 26.0. The Morgan fingerprint density at radius 1 is 1.05 bits per heavy atom. The maximum atomic E-state index is 13.9. The Bertz CT molecular complexity index is 1360. The smallest absolute Gasteiger partial charge is 0.262 e. The van der Waals surface area contributed by atoms with E-state index in [9.17, 15) is 18.8 Å². The maximum Gasteiger partial charge on any atom is 0.262 e. The van der Waals surface area contributed by atoms with Crippen molar-refractivity contribution in [1.29, 1.82) is 0 Å². The molecular formula is C29H28ClFN2O5. The van der Waals surface area contributed by atoms with Gasteiger partial charge in [-0.15, -0.1) is 0 Å². The van der Waals surface area contributed by atoms with E-state index in [0.717, 1.165) is 37.1 Å². The number of hydrogen-bond donors (Lipinski definition) is 1. The highest BCUT2D eigenvalue weighted by molar-refractivity contribution is 6.32. The van der Waals surface area contributed by atoms with Crippen molar-refractivity contribution >= 4 is 34.8 Å². The zero-order chi connectivity index (χ0) is 27.0. The molecule has 0 spiro atoms. The van der Waals surface area contributed by atoms with Gasteiger partial charge in [-0.3, -0.25) is 14.4 Å². The molecule has 2 aromatic rings. The molecule has 0 aromatic heterocycles. The molecule has 1 aliphatic heterocycles. The first-order chi connectivity index (χ1) is 18.3. The second kappa shape index (κ2) is 10.6. The van der Waals surface area contributed by atoms with E-state index in [2.05, 4.69) is 5.32 Å². The van der Waals surface area contributed by atoms with Crippen molar-refractivity contribution in [1.82, 2.24) is 4.90 Å². The summed E-state index contributed by atoms with van der Waals surface area (Å²) >= 11 is 6.64. The largest absolute Gasteiger partial charge is 0.493 e. The number of amides is 1. The van der Waals surface area contributed by atoms with Crippen LogP contribution in [0.15, 0.2) is 58.9 Å². The maximum absolute atomic E-state index is 13.9. The van der Waals surface area contributed by atoms with Crippen LogP contribution in [0.5, 0.6) is 11.5 Å². The summed E-state index contributed by atoms with van der Waals surface area (Å²) in [5.74, 6) is -1.19. The van der Waals surface area contributed by atoms with Crippen molar-refractivity contribution in [3.8, 4) is 11.5 Å². The molecule has 2 aromatic carbocycles. The fraction of sp³-hybridized carbons (Fsp3) is 0.345. The fourth-order valence-corrected chi connectivity index (χ4v) is 5.89. The van der Waals surface area contributed by atoms with E-state index in [1.165, 1.54) is 25.3 Å². The van der Waals surface area contributed by atoms with Gasteiger partial charge in [0.2, 0.25) is 0 Å². The first-order valence-electron chi connectivity index (χ1n) is 12.6. The molecule has 0 saturated heterocycles. The van der Waals surface area contributed by atoms with Gasteiger partial charge in [0.1, 0.15) is 5.82 Å². The number of Topliss-reactive ketones (excluding diaryl/α,β-unsaturated/α-hetero) is 2. The van der Waals surface area contributed by atoms with Crippen LogP contribution >= 0.6 is 11.6 Å². The Kier molecular flexibility index (Phi) is 7.25. The van der Waals surface area contributed by atoms with Crippen molar-refractivity contribution in [2.24, 2.45) is 0 Å². The molecule has 5 rings (SSSR count). The van der Waals surface area contributed by atoms with Gasteiger partial charge in [0.15, 0.2) is 29.7 Å². The van der Waals surface area contributed by atoms with Gasteiger partial charge < -0.3 is 19.7 Å². The topological polar surface area (TPSA) is 84.9 Å². The van der Waals surface area contributed by atoms with Gasteiger partial charge >= 0.3 is 0 Å². The number of nitrogens with zero attached hydrogens (tertiary/aromatic N) is 1. The van der Waals surface area contributed by atoms with Crippen molar-refractivity contribution < 1.29 is 28.2 Å². The molecule has 198 valence electrons. The number of anilines is 1. The van der Waals surface area contributed by atoms with Crippen molar-refractivity contribution in [3.05, 3.63) is 75.3 Å². The number of halogens is 2. The Morgan fingerprint density at radius 3 is 2.29 bits per heavy atom. The summed E-state index contributed by atoms with van der Waals surface area (Å²) in [4.78, 5) is 40.9. The Morgan fingerprint density at radius 2 is 1.68 bits per heavy atom. The first-order valence-corrected chi connectivity index (χ1v) is 13.0. The van der Waals surface area contributed by atoms with E-state index in [1.54, 1.807) is 18.2 Å². The van der Waals surface area contributed by atoms with Gasteiger partial charge in [0.05, 0.1) is 17.8 Å². The average Bonchev–Trinajstić information content (AvgIpc) is 2.90. The molecule has 0 atom stereocenters. The Balaban J connectivity index is 1.48. The van der Waals surface area contributed by atoms with E-state index < -0.39 is 24.2 Å². The van der Waals surface area contributed by atoms with Crippen LogP contribution in [0.3, 0.4) is 0 Å². The third-order valence-electron chi connectivity index (χ3n) is 7.33. The summed E-state index contributed by atoms with van der Waals surface area (Å²) in [6, 6.07) is 9.21. The van der Waals surface area contributed by atoms with E-state index in [0.29, 0.717) is 29.6 Å². The molecule has 0 saturated carbocycles.